The molecule has 0 aliphatic heterocycles. The molecular formula is C16H16ClNO. The van der Waals surface area contributed by atoms with E-state index < -0.39 is 0 Å². The van der Waals surface area contributed by atoms with Crippen molar-refractivity contribution in [1.29, 1.82) is 0 Å². The van der Waals surface area contributed by atoms with Crippen LogP contribution < -0.4 is 5.32 Å². The van der Waals surface area contributed by atoms with Gasteiger partial charge in [-0.3, -0.25) is 0 Å². The molecule has 2 N–H and O–H groups in total. The van der Waals surface area contributed by atoms with Gasteiger partial charge in [-0.15, -0.1) is 0 Å². The molecule has 0 bridgehead atoms. The molecule has 2 aromatic rings. The zero-order valence-corrected chi connectivity index (χ0v) is 11.3. The second-order valence-corrected chi connectivity index (χ2v) is 5.63. The van der Waals surface area contributed by atoms with Gasteiger partial charge in [0.15, 0.2) is 0 Å². The molecule has 19 heavy (non-hydrogen) atoms. The number of benzene rings is 2. The Morgan fingerprint density at radius 1 is 1.05 bits per heavy atom. The van der Waals surface area contributed by atoms with Crippen LogP contribution in [0, 0.1) is 0 Å². The van der Waals surface area contributed by atoms with Crippen molar-refractivity contribution in [1.82, 2.24) is 0 Å². The van der Waals surface area contributed by atoms with Gasteiger partial charge in [-0.05, 0) is 42.2 Å². The van der Waals surface area contributed by atoms with Crippen molar-refractivity contribution in [3.8, 4) is 0 Å². The number of anilines is 1. The van der Waals surface area contributed by atoms with Gasteiger partial charge < -0.3 is 10.4 Å². The van der Waals surface area contributed by atoms with Gasteiger partial charge in [0.25, 0.3) is 0 Å². The number of aliphatic hydroxyl groups is 1. The number of hydrogen-bond acceptors (Lipinski definition) is 2. The summed E-state index contributed by atoms with van der Waals surface area (Å²) in [5, 5.41) is 14.0. The molecule has 0 saturated carbocycles. The van der Waals surface area contributed by atoms with Crippen LogP contribution in [-0.4, -0.2) is 17.3 Å². The predicted octanol–water partition coefficient (Wildman–Crippen LogP) is 3.28. The smallest absolute Gasteiger partial charge is 0.0684 e. The Bertz CT molecular complexity index is 572. The molecule has 1 aliphatic carbocycles. The molecule has 1 aliphatic rings. The van der Waals surface area contributed by atoms with Gasteiger partial charge >= 0.3 is 0 Å². The molecule has 0 heterocycles. The van der Waals surface area contributed by atoms with Crippen LogP contribution in [0.4, 0.5) is 5.69 Å². The largest absolute Gasteiger partial charge is 0.394 e. The van der Waals surface area contributed by atoms with Crippen molar-refractivity contribution in [2.45, 2.75) is 18.4 Å². The lowest BCUT2D eigenvalue weighted by Gasteiger charge is -2.29. The molecule has 98 valence electrons. The molecule has 3 heteroatoms. The fraction of sp³-hybridized carbons (Fsp3) is 0.250. The van der Waals surface area contributed by atoms with Gasteiger partial charge in [-0.1, -0.05) is 41.9 Å². The molecule has 2 nitrogen and oxygen atoms in total. The third-order valence-corrected chi connectivity index (χ3v) is 3.95. The van der Waals surface area contributed by atoms with Crippen molar-refractivity contribution in [2.24, 2.45) is 0 Å². The highest BCUT2D eigenvalue weighted by molar-refractivity contribution is 6.30. The minimum absolute atomic E-state index is 0.105. The molecule has 0 fully saturated rings. The van der Waals surface area contributed by atoms with Crippen LogP contribution in [0.15, 0.2) is 48.5 Å². The van der Waals surface area contributed by atoms with Crippen molar-refractivity contribution >= 4 is 17.3 Å². The summed E-state index contributed by atoms with van der Waals surface area (Å²) in [6.45, 7) is 0.105. The van der Waals surface area contributed by atoms with Gasteiger partial charge in [-0.25, -0.2) is 0 Å². The summed E-state index contributed by atoms with van der Waals surface area (Å²) < 4.78 is 0. The summed E-state index contributed by atoms with van der Waals surface area (Å²) in [7, 11) is 0. The summed E-state index contributed by atoms with van der Waals surface area (Å²) in [5.74, 6) is 0. The lowest BCUT2D eigenvalue weighted by molar-refractivity contribution is 0.216. The van der Waals surface area contributed by atoms with E-state index >= 15 is 0 Å². The number of fused-ring (bicyclic) bond motifs is 1. The highest BCUT2D eigenvalue weighted by Gasteiger charge is 2.36. The van der Waals surface area contributed by atoms with Gasteiger partial charge in [-0.2, -0.15) is 0 Å². The second kappa shape index (κ2) is 4.87. The summed E-state index contributed by atoms with van der Waals surface area (Å²) in [6.07, 6.45) is 1.68. The minimum atomic E-state index is -0.311. The first kappa shape index (κ1) is 12.5. The normalized spacial score (nSPS) is 16.1. The molecule has 0 amide bonds. The van der Waals surface area contributed by atoms with E-state index in [9.17, 15) is 5.11 Å². The number of hydrogen-bond donors (Lipinski definition) is 2. The molecule has 0 saturated heterocycles. The van der Waals surface area contributed by atoms with Gasteiger partial charge in [0.05, 0.1) is 12.1 Å². The lowest BCUT2D eigenvalue weighted by Crippen LogP contribution is -2.43. The number of nitrogens with one attached hydrogen (secondary N) is 1. The Kier molecular flexibility index (Phi) is 3.21. The van der Waals surface area contributed by atoms with E-state index in [4.69, 9.17) is 11.6 Å². The van der Waals surface area contributed by atoms with Crippen molar-refractivity contribution < 1.29 is 5.11 Å². The molecule has 0 aromatic heterocycles. The van der Waals surface area contributed by atoms with Crippen molar-refractivity contribution in [3.05, 3.63) is 64.7 Å². The van der Waals surface area contributed by atoms with Crippen LogP contribution in [0.25, 0.3) is 0 Å². The Balaban J connectivity index is 1.87. The second-order valence-electron chi connectivity index (χ2n) is 5.20. The number of halogens is 1. The first-order chi connectivity index (χ1) is 9.21. The standard InChI is InChI=1S/C16H16ClNO/c17-14-6-3-7-15(8-14)18-16(11-19)9-12-4-1-2-5-13(12)10-16/h1-8,18-19H,9-11H2. The molecule has 0 radical (unpaired) electrons. The van der Waals surface area contributed by atoms with Gasteiger partial charge in [0.1, 0.15) is 0 Å². The predicted molar refractivity (Wildman–Crippen MR) is 78.7 cm³/mol. The van der Waals surface area contributed by atoms with Crippen LogP contribution >= 0.6 is 11.6 Å². The quantitative estimate of drug-likeness (QED) is 0.899. The highest BCUT2D eigenvalue weighted by Crippen LogP contribution is 2.33. The monoisotopic (exact) mass is 273 g/mol. The maximum absolute atomic E-state index is 9.82. The van der Waals surface area contributed by atoms with E-state index in [0.29, 0.717) is 5.02 Å². The summed E-state index contributed by atoms with van der Waals surface area (Å²) in [6, 6.07) is 16.0. The molecule has 2 aromatic carbocycles. The maximum atomic E-state index is 9.82. The van der Waals surface area contributed by atoms with Crippen LogP contribution in [0.3, 0.4) is 0 Å². The molecular weight excluding hydrogens is 258 g/mol. The summed E-state index contributed by atoms with van der Waals surface area (Å²) >= 11 is 6.01. The fourth-order valence-electron chi connectivity index (χ4n) is 2.81. The van der Waals surface area contributed by atoms with Gasteiger partial charge in [0, 0.05) is 10.7 Å². The van der Waals surface area contributed by atoms with E-state index in [1.54, 1.807) is 0 Å². The molecule has 0 unspecified atom stereocenters. The topological polar surface area (TPSA) is 32.3 Å². The minimum Gasteiger partial charge on any atom is -0.394 e. The third-order valence-electron chi connectivity index (χ3n) is 3.71. The molecule has 0 atom stereocenters. The zero-order chi connectivity index (χ0) is 13.3. The van der Waals surface area contributed by atoms with Gasteiger partial charge in [0.2, 0.25) is 0 Å². The van der Waals surface area contributed by atoms with Crippen LogP contribution in [0.5, 0.6) is 0 Å². The Hall–Kier alpha value is -1.51. The van der Waals surface area contributed by atoms with Crippen molar-refractivity contribution in [3.63, 3.8) is 0 Å². The van der Waals surface area contributed by atoms with E-state index in [-0.39, 0.29) is 12.1 Å². The Labute approximate surface area is 118 Å². The number of aliphatic hydroxyl groups excluding tert-OH is 1. The summed E-state index contributed by atoms with van der Waals surface area (Å²) in [5.41, 5.74) is 3.26. The summed E-state index contributed by atoms with van der Waals surface area (Å²) in [4.78, 5) is 0. The zero-order valence-electron chi connectivity index (χ0n) is 10.6. The van der Waals surface area contributed by atoms with E-state index in [0.717, 1.165) is 18.5 Å². The molecule has 0 spiro atoms. The Morgan fingerprint density at radius 3 is 2.32 bits per heavy atom. The third kappa shape index (κ3) is 2.46. The average molecular weight is 274 g/mol. The maximum Gasteiger partial charge on any atom is 0.0684 e. The highest BCUT2D eigenvalue weighted by atomic mass is 35.5. The first-order valence-corrected chi connectivity index (χ1v) is 6.80. The lowest BCUT2D eigenvalue weighted by atomic mass is 9.96. The fourth-order valence-corrected chi connectivity index (χ4v) is 3.00. The van der Waals surface area contributed by atoms with Crippen molar-refractivity contribution in [2.75, 3.05) is 11.9 Å². The van der Waals surface area contributed by atoms with Crippen LogP contribution in [0.1, 0.15) is 11.1 Å². The van der Waals surface area contributed by atoms with Crippen LogP contribution in [0.2, 0.25) is 5.02 Å². The SMILES string of the molecule is OCC1(Nc2cccc(Cl)c2)Cc2ccccc2C1. The van der Waals surface area contributed by atoms with E-state index in [1.165, 1.54) is 11.1 Å². The molecule has 3 rings (SSSR count). The average Bonchev–Trinajstić information content (AvgIpc) is 2.77. The first-order valence-electron chi connectivity index (χ1n) is 6.42. The van der Waals surface area contributed by atoms with E-state index in [2.05, 4.69) is 17.4 Å². The van der Waals surface area contributed by atoms with E-state index in [1.807, 2.05) is 36.4 Å². The van der Waals surface area contributed by atoms with Crippen LogP contribution in [-0.2, 0) is 12.8 Å². The number of rotatable bonds is 3. The Morgan fingerprint density at radius 2 is 1.74 bits per heavy atom.